The molecule has 1 N–H and O–H groups in total. The Morgan fingerprint density at radius 1 is 1.00 bits per heavy atom. The third kappa shape index (κ3) is 5.13. The first-order valence-corrected chi connectivity index (χ1v) is 8.66. The number of nitrogens with zero attached hydrogens (tertiary/aromatic N) is 1. The Kier molecular flexibility index (Phi) is 6.56. The second-order valence-corrected chi connectivity index (χ2v) is 6.02. The van der Waals surface area contributed by atoms with Crippen LogP contribution in [0.25, 0.3) is 0 Å². The van der Waals surface area contributed by atoms with Gasteiger partial charge < -0.3 is 4.74 Å². The van der Waals surface area contributed by atoms with Crippen LogP contribution >= 0.6 is 0 Å². The molecule has 5 nitrogen and oxygen atoms in total. The van der Waals surface area contributed by atoms with Crippen molar-refractivity contribution in [3.05, 3.63) is 71.8 Å². The van der Waals surface area contributed by atoms with Gasteiger partial charge in [-0.05, 0) is 11.1 Å². The van der Waals surface area contributed by atoms with E-state index in [1.54, 1.807) is 0 Å². The summed E-state index contributed by atoms with van der Waals surface area (Å²) in [5.41, 5.74) is 4.52. The van der Waals surface area contributed by atoms with Gasteiger partial charge in [-0.25, -0.2) is 5.48 Å². The first-order chi connectivity index (χ1) is 12.3. The van der Waals surface area contributed by atoms with Crippen LogP contribution in [-0.4, -0.2) is 50.3 Å². The monoisotopic (exact) mass is 340 g/mol. The van der Waals surface area contributed by atoms with Crippen LogP contribution in [0, 0.1) is 0 Å². The third-order valence-electron chi connectivity index (χ3n) is 4.31. The van der Waals surface area contributed by atoms with Gasteiger partial charge in [0.15, 0.2) is 0 Å². The molecule has 0 aliphatic carbocycles. The fraction of sp³-hybridized carbons (Fsp3) is 0.350. The van der Waals surface area contributed by atoms with Gasteiger partial charge in [-0.2, -0.15) is 0 Å². The van der Waals surface area contributed by atoms with Crippen LogP contribution in [0.2, 0.25) is 0 Å². The van der Waals surface area contributed by atoms with Crippen LogP contribution < -0.4 is 5.48 Å². The summed E-state index contributed by atoms with van der Waals surface area (Å²) in [5, 5.41) is 0. The number of carbonyl (C=O) groups excluding carboxylic acids is 1. The second kappa shape index (κ2) is 9.32. The number of hydroxylamine groups is 1. The van der Waals surface area contributed by atoms with E-state index in [4.69, 9.17) is 9.57 Å². The molecule has 5 heteroatoms. The molecule has 0 spiro atoms. The molecule has 2 aromatic carbocycles. The summed E-state index contributed by atoms with van der Waals surface area (Å²) in [5.74, 6) is -0.537. The number of rotatable bonds is 7. The summed E-state index contributed by atoms with van der Waals surface area (Å²) in [6.45, 7) is 4.59. The predicted octanol–water partition coefficient (Wildman–Crippen LogP) is 2.20. The molecular weight excluding hydrogens is 316 g/mol. The van der Waals surface area contributed by atoms with Crippen LogP contribution in [0.1, 0.15) is 17.0 Å². The summed E-state index contributed by atoms with van der Waals surface area (Å²) in [7, 11) is 0. The number of amides is 1. The topological polar surface area (TPSA) is 50.8 Å². The number of benzene rings is 2. The number of nitrogens with one attached hydrogen (secondary N) is 1. The van der Waals surface area contributed by atoms with Gasteiger partial charge in [0.1, 0.15) is 0 Å². The Morgan fingerprint density at radius 2 is 1.56 bits per heavy atom. The molecule has 25 heavy (non-hydrogen) atoms. The third-order valence-corrected chi connectivity index (χ3v) is 4.31. The lowest BCUT2D eigenvalue weighted by molar-refractivity contribution is -0.134. The maximum absolute atomic E-state index is 12.7. The van der Waals surface area contributed by atoms with Crippen LogP contribution in [-0.2, 0) is 14.4 Å². The van der Waals surface area contributed by atoms with E-state index in [0.717, 1.165) is 44.0 Å². The molecule has 3 rings (SSSR count). The second-order valence-electron chi connectivity index (χ2n) is 6.02. The highest BCUT2D eigenvalue weighted by molar-refractivity contribution is 5.86. The molecule has 1 aliphatic heterocycles. The maximum atomic E-state index is 12.7. The number of carbonyl (C=O) groups is 1. The lowest BCUT2D eigenvalue weighted by Crippen LogP contribution is -2.39. The van der Waals surface area contributed by atoms with E-state index in [-0.39, 0.29) is 11.8 Å². The van der Waals surface area contributed by atoms with Crippen LogP contribution in [0.15, 0.2) is 60.7 Å². The highest BCUT2D eigenvalue weighted by Crippen LogP contribution is 2.24. The van der Waals surface area contributed by atoms with Crippen LogP contribution in [0.3, 0.4) is 0 Å². The van der Waals surface area contributed by atoms with Crippen molar-refractivity contribution in [2.45, 2.75) is 5.92 Å². The van der Waals surface area contributed by atoms with Gasteiger partial charge in [-0.1, -0.05) is 60.7 Å². The molecule has 1 saturated heterocycles. The van der Waals surface area contributed by atoms with Crippen molar-refractivity contribution in [3.8, 4) is 0 Å². The average molecular weight is 340 g/mol. The quantitative estimate of drug-likeness (QED) is 0.620. The Morgan fingerprint density at radius 3 is 2.12 bits per heavy atom. The van der Waals surface area contributed by atoms with Gasteiger partial charge in [0, 0.05) is 19.6 Å². The molecule has 0 saturated carbocycles. The molecule has 2 aromatic rings. The van der Waals surface area contributed by atoms with Crippen molar-refractivity contribution >= 4 is 5.91 Å². The van der Waals surface area contributed by atoms with Crippen LogP contribution in [0.5, 0.6) is 0 Å². The molecule has 132 valence electrons. The number of hydrogen-bond donors (Lipinski definition) is 1. The van der Waals surface area contributed by atoms with E-state index in [9.17, 15) is 4.79 Å². The van der Waals surface area contributed by atoms with E-state index in [0.29, 0.717) is 6.61 Å². The minimum Gasteiger partial charge on any atom is -0.379 e. The average Bonchev–Trinajstić information content (AvgIpc) is 2.68. The lowest BCUT2D eigenvalue weighted by Gasteiger charge is -2.26. The molecule has 0 radical (unpaired) electrons. The van der Waals surface area contributed by atoms with Crippen LogP contribution in [0.4, 0.5) is 0 Å². The zero-order valence-corrected chi connectivity index (χ0v) is 14.3. The molecule has 0 aromatic heterocycles. The fourth-order valence-corrected chi connectivity index (χ4v) is 2.97. The maximum Gasteiger partial charge on any atom is 0.255 e. The summed E-state index contributed by atoms with van der Waals surface area (Å²) >= 11 is 0. The summed E-state index contributed by atoms with van der Waals surface area (Å²) < 4.78 is 5.32. The van der Waals surface area contributed by atoms with Gasteiger partial charge in [0.05, 0.1) is 25.7 Å². The molecule has 0 atom stereocenters. The minimum atomic E-state index is -0.384. The Balaban J connectivity index is 1.58. The molecule has 1 heterocycles. The van der Waals surface area contributed by atoms with E-state index in [2.05, 4.69) is 10.4 Å². The molecule has 0 bridgehead atoms. The fourth-order valence-electron chi connectivity index (χ4n) is 2.97. The predicted molar refractivity (Wildman–Crippen MR) is 96.1 cm³/mol. The molecular formula is C20H24N2O3. The van der Waals surface area contributed by atoms with Crippen molar-refractivity contribution in [1.82, 2.24) is 10.4 Å². The molecule has 1 fully saturated rings. The zero-order valence-electron chi connectivity index (χ0n) is 14.3. The van der Waals surface area contributed by atoms with Crippen molar-refractivity contribution in [2.75, 3.05) is 39.5 Å². The van der Waals surface area contributed by atoms with Crippen molar-refractivity contribution < 1.29 is 14.4 Å². The normalized spacial score (nSPS) is 15.2. The Bertz CT molecular complexity index is 603. The number of ether oxygens (including phenoxy) is 1. The summed E-state index contributed by atoms with van der Waals surface area (Å²) in [6, 6.07) is 19.5. The highest BCUT2D eigenvalue weighted by Gasteiger charge is 2.22. The summed E-state index contributed by atoms with van der Waals surface area (Å²) in [4.78, 5) is 20.4. The molecule has 0 unspecified atom stereocenters. The Hall–Kier alpha value is -2.21. The van der Waals surface area contributed by atoms with Gasteiger partial charge in [0.2, 0.25) is 0 Å². The lowest BCUT2D eigenvalue weighted by atomic mass is 9.91. The van der Waals surface area contributed by atoms with Crippen molar-refractivity contribution in [2.24, 2.45) is 0 Å². The number of hydrogen-bond acceptors (Lipinski definition) is 4. The first-order valence-electron chi connectivity index (χ1n) is 8.66. The van der Waals surface area contributed by atoms with Gasteiger partial charge in [-0.15, -0.1) is 0 Å². The molecule has 1 amide bonds. The SMILES string of the molecule is O=C(NOCCN1CCOCC1)C(c1ccccc1)c1ccccc1. The number of morpholine rings is 1. The largest absolute Gasteiger partial charge is 0.379 e. The standard InChI is InChI=1S/C20H24N2O3/c23-20(21-25-16-13-22-11-14-24-15-12-22)19(17-7-3-1-4-8-17)18-9-5-2-6-10-18/h1-10,19H,11-16H2,(H,21,23). The smallest absolute Gasteiger partial charge is 0.255 e. The summed E-state index contributed by atoms with van der Waals surface area (Å²) in [6.07, 6.45) is 0. The minimum absolute atomic E-state index is 0.153. The van der Waals surface area contributed by atoms with Gasteiger partial charge in [0.25, 0.3) is 5.91 Å². The van der Waals surface area contributed by atoms with Gasteiger partial charge >= 0.3 is 0 Å². The highest BCUT2D eigenvalue weighted by atomic mass is 16.7. The first kappa shape index (κ1) is 17.6. The Labute approximate surface area is 148 Å². The van der Waals surface area contributed by atoms with Crippen molar-refractivity contribution in [1.29, 1.82) is 0 Å². The van der Waals surface area contributed by atoms with E-state index >= 15 is 0 Å². The van der Waals surface area contributed by atoms with E-state index < -0.39 is 0 Å². The molecule has 1 aliphatic rings. The van der Waals surface area contributed by atoms with E-state index in [1.807, 2.05) is 60.7 Å². The van der Waals surface area contributed by atoms with Gasteiger partial charge in [-0.3, -0.25) is 14.5 Å². The zero-order chi connectivity index (χ0) is 17.3. The van der Waals surface area contributed by atoms with E-state index in [1.165, 1.54) is 0 Å². The van der Waals surface area contributed by atoms with Crippen molar-refractivity contribution in [3.63, 3.8) is 0 Å².